The molecule has 1 heterocycles. The molecule has 1 fully saturated rings. The quantitative estimate of drug-likeness (QED) is 0.400. The molecule has 13 heavy (non-hydrogen) atoms. The van der Waals surface area contributed by atoms with Crippen molar-refractivity contribution in [3.8, 4) is 0 Å². The lowest BCUT2D eigenvalue weighted by Gasteiger charge is -2.33. The molecule has 1 saturated heterocycles. The van der Waals surface area contributed by atoms with Gasteiger partial charge in [0.1, 0.15) is 29.3 Å². The van der Waals surface area contributed by atoms with Crippen molar-refractivity contribution >= 4 is 10.9 Å². The van der Waals surface area contributed by atoms with Crippen LogP contribution in [0.1, 0.15) is 6.42 Å². The number of aliphatic hydroxyl groups excluding tert-OH is 4. The maximum atomic E-state index is 9.60. The molecule has 5 heteroatoms. The second-order valence-electron chi connectivity index (χ2n) is 3.46. The monoisotopic (exact) mass is 209 g/mol. The first-order valence-corrected chi connectivity index (χ1v) is 6.21. The average molecular weight is 209 g/mol. The molecule has 0 aliphatic carbocycles. The van der Waals surface area contributed by atoms with Crippen molar-refractivity contribution in [2.24, 2.45) is 0 Å². The van der Waals surface area contributed by atoms with Gasteiger partial charge in [0.2, 0.25) is 0 Å². The molecule has 0 bridgehead atoms. The molecule has 0 aromatic heterocycles. The van der Waals surface area contributed by atoms with E-state index in [9.17, 15) is 15.3 Å². The minimum absolute atomic E-state index is 0.0158. The Kier molecular flexibility index (Phi) is 4.00. The molecule has 1 aliphatic heterocycles. The summed E-state index contributed by atoms with van der Waals surface area (Å²) < 4.78 is 0. The normalized spacial score (nSPS) is 46.4. The molecule has 1 aliphatic rings. The Morgan fingerprint density at radius 2 is 1.85 bits per heavy atom. The zero-order chi connectivity index (χ0) is 10.0. The number of rotatable bonds is 2. The molecule has 5 atom stereocenters. The van der Waals surface area contributed by atoms with E-state index in [1.807, 2.05) is 6.26 Å². The first kappa shape index (κ1) is 11.3. The maximum absolute atomic E-state index is 9.60. The predicted octanol–water partition coefficient (Wildman–Crippen LogP) is -1.92. The van der Waals surface area contributed by atoms with Crippen LogP contribution in [-0.2, 0) is 10.9 Å². The third-order valence-electron chi connectivity index (χ3n) is 2.49. The van der Waals surface area contributed by atoms with Gasteiger partial charge in [-0.25, -0.2) is 0 Å². The van der Waals surface area contributed by atoms with Gasteiger partial charge in [-0.1, -0.05) is 0 Å². The summed E-state index contributed by atoms with van der Waals surface area (Å²) in [5.41, 5.74) is 0. The van der Waals surface area contributed by atoms with Crippen LogP contribution in [0, 0.1) is 0 Å². The highest BCUT2D eigenvalue weighted by Gasteiger charge is 2.46. The van der Waals surface area contributed by atoms with Gasteiger partial charge in [-0.3, -0.25) is 0 Å². The van der Waals surface area contributed by atoms with Gasteiger partial charge < -0.3 is 20.4 Å². The lowest BCUT2D eigenvalue weighted by atomic mass is 10.0. The number of hydrogen-bond acceptors (Lipinski definition) is 4. The SMILES string of the molecule is C[S+]1C[C@@H](O)[C@@H](O)[C@@H](O)[C@@H]1CCO. The van der Waals surface area contributed by atoms with Crippen molar-refractivity contribution < 1.29 is 20.4 Å². The Bertz CT molecular complexity index is 166. The highest BCUT2D eigenvalue weighted by molar-refractivity contribution is 7.96. The molecule has 4 nitrogen and oxygen atoms in total. The zero-order valence-electron chi connectivity index (χ0n) is 7.63. The summed E-state index contributed by atoms with van der Waals surface area (Å²) in [6, 6.07) is 0. The largest absolute Gasteiger partial charge is 0.396 e. The summed E-state index contributed by atoms with van der Waals surface area (Å²) in [7, 11) is -0.129. The lowest BCUT2D eigenvalue weighted by Crippen LogP contribution is -2.56. The fourth-order valence-corrected chi connectivity index (χ4v) is 3.80. The van der Waals surface area contributed by atoms with Gasteiger partial charge in [-0.2, -0.15) is 0 Å². The third kappa shape index (κ3) is 2.35. The van der Waals surface area contributed by atoms with Gasteiger partial charge in [-0.15, -0.1) is 0 Å². The summed E-state index contributed by atoms with van der Waals surface area (Å²) in [5.74, 6) is 0.517. The van der Waals surface area contributed by atoms with Crippen LogP contribution in [0.25, 0.3) is 0 Å². The van der Waals surface area contributed by atoms with E-state index in [1.54, 1.807) is 0 Å². The Morgan fingerprint density at radius 3 is 2.38 bits per heavy atom. The van der Waals surface area contributed by atoms with E-state index in [2.05, 4.69) is 0 Å². The molecule has 0 aromatic carbocycles. The van der Waals surface area contributed by atoms with Crippen molar-refractivity contribution in [1.29, 1.82) is 0 Å². The van der Waals surface area contributed by atoms with Gasteiger partial charge in [0.05, 0.1) is 6.26 Å². The van der Waals surface area contributed by atoms with Crippen LogP contribution in [0.2, 0.25) is 0 Å². The summed E-state index contributed by atoms with van der Waals surface area (Å²) in [4.78, 5) is 0. The van der Waals surface area contributed by atoms with Gasteiger partial charge in [0.25, 0.3) is 0 Å². The van der Waals surface area contributed by atoms with Crippen molar-refractivity contribution in [3.05, 3.63) is 0 Å². The second kappa shape index (κ2) is 4.61. The Morgan fingerprint density at radius 1 is 1.23 bits per heavy atom. The molecule has 0 amide bonds. The minimum atomic E-state index is -1.06. The molecule has 0 saturated carbocycles. The van der Waals surface area contributed by atoms with Crippen LogP contribution < -0.4 is 0 Å². The van der Waals surface area contributed by atoms with E-state index in [1.165, 1.54) is 0 Å². The molecule has 78 valence electrons. The van der Waals surface area contributed by atoms with E-state index < -0.39 is 18.3 Å². The molecule has 0 spiro atoms. The van der Waals surface area contributed by atoms with Crippen LogP contribution >= 0.6 is 0 Å². The average Bonchev–Trinajstić information content (AvgIpc) is 2.09. The second-order valence-corrected chi connectivity index (χ2v) is 5.78. The van der Waals surface area contributed by atoms with E-state index in [0.29, 0.717) is 12.2 Å². The number of aliphatic hydroxyl groups is 4. The van der Waals surface area contributed by atoms with E-state index in [4.69, 9.17) is 5.11 Å². The van der Waals surface area contributed by atoms with E-state index in [0.717, 1.165) is 0 Å². The van der Waals surface area contributed by atoms with Crippen molar-refractivity contribution in [2.45, 2.75) is 30.0 Å². The molecular formula is C8H17O4S+. The molecule has 1 rings (SSSR count). The maximum Gasteiger partial charge on any atom is 0.148 e. The first-order chi connectivity index (χ1) is 6.07. The Balaban J connectivity index is 2.61. The highest BCUT2D eigenvalue weighted by atomic mass is 32.2. The topological polar surface area (TPSA) is 80.9 Å². The lowest BCUT2D eigenvalue weighted by molar-refractivity contribution is -0.0578. The van der Waals surface area contributed by atoms with Crippen LogP contribution in [0.3, 0.4) is 0 Å². The van der Waals surface area contributed by atoms with Crippen LogP contribution in [0.4, 0.5) is 0 Å². The molecule has 0 aromatic rings. The van der Waals surface area contributed by atoms with Crippen molar-refractivity contribution in [1.82, 2.24) is 0 Å². The highest BCUT2D eigenvalue weighted by Crippen LogP contribution is 2.23. The zero-order valence-corrected chi connectivity index (χ0v) is 8.44. The van der Waals surface area contributed by atoms with Crippen LogP contribution in [-0.4, -0.2) is 62.6 Å². The molecule has 1 unspecified atom stereocenters. The van der Waals surface area contributed by atoms with Crippen molar-refractivity contribution in [3.63, 3.8) is 0 Å². The third-order valence-corrected chi connectivity index (χ3v) is 4.90. The van der Waals surface area contributed by atoms with Gasteiger partial charge in [0, 0.05) is 13.0 Å². The Hall–Kier alpha value is 0.190. The summed E-state index contributed by atoms with van der Waals surface area (Å²) in [5, 5.41) is 37.0. The van der Waals surface area contributed by atoms with Gasteiger partial charge in [-0.05, 0) is 10.9 Å². The van der Waals surface area contributed by atoms with Gasteiger partial charge >= 0.3 is 0 Å². The molecule has 4 N–H and O–H groups in total. The molecular weight excluding hydrogens is 192 g/mol. The fraction of sp³-hybridized carbons (Fsp3) is 1.00. The smallest absolute Gasteiger partial charge is 0.148 e. The fourth-order valence-electron chi connectivity index (χ4n) is 1.68. The Labute approximate surface area is 80.6 Å². The van der Waals surface area contributed by atoms with Crippen LogP contribution in [0.15, 0.2) is 0 Å². The standard InChI is InChI=1S/C8H17O4S/c1-13-4-5(10)7(11)8(12)6(13)2-3-9/h5-12H,2-4H2,1H3/q+1/t5-,6+,7-,8+,13?/m1/s1. The first-order valence-electron chi connectivity index (χ1n) is 4.34. The van der Waals surface area contributed by atoms with E-state index in [-0.39, 0.29) is 22.8 Å². The summed E-state index contributed by atoms with van der Waals surface area (Å²) >= 11 is 0. The summed E-state index contributed by atoms with van der Waals surface area (Å²) in [6.45, 7) is 0.0158. The molecule has 0 radical (unpaired) electrons. The van der Waals surface area contributed by atoms with Gasteiger partial charge in [0.15, 0.2) is 0 Å². The van der Waals surface area contributed by atoms with E-state index >= 15 is 0 Å². The van der Waals surface area contributed by atoms with Crippen molar-refractivity contribution in [2.75, 3.05) is 18.6 Å². The number of hydrogen-bond donors (Lipinski definition) is 4. The predicted molar refractivity (Wildman–Crippen MR) is 51.7 cm³/mol. The minimum Gasteiger partial charge on any atom is -0.396 e. The van der Waals surface area contributed by atoms with Crippen LogP contribution in [0.5, 0.6) is 0 Å². The summed E-state index contributed by atoms with van der Waals surface area (Å²) in [6.07, 6.45) is -0.341.